The Hall–Kier alpha value is -3.44. The fourth-order valence-corrected chi connectivity index (χ4v) is 3.63. The Morgan fingerprint density at radius 3 is 2.36 bits per heavy atom. The molecule has 5 heteroatoms. The van der Waals surface area contributed by atoms with Gasteiger partial charge in [-0.15, -0.1) is 11.3 Å². The van der Waals surface area contributed by atoms with Gasteiger partial charge in [-0.25, -0.2) is 9.78 Å². The van der Waals surface area contributed by atoms with Gasteiger partial charge in [0.2, 0.25) is 0 Å². The predicted molar refractivity (Wildman–Crippen MR) is 114 cm³/mol. The molecule has 0 amide bonds. The number of benzene rings is 3. The van der Waals surface area contributed by atoms with Crippen molar-refractivity contribution in [3.8, 4) is 22.4 Å². The summed E-state index contributed by atoms with van der Waals surface area (Å²) >= 11 is 1.52. The normalized spacial score (nSPS) is 10.5. The summed E-state index contributed by atoms with van der Waals surface area (Å²) < 4.78 is 4.77. The SMILES string of the molecule is COC(=O)c1cccc(Nc2nc(-c3ccc(-c4ccccc4)cc3)cs2)c1. The number of esters is 1. The highest BCUT2D eigenvalue weighted by molar-refractivity contribution is 7.14. The quantitative estimate of drug-likeness (QED) is 0.427. The molecule has 0 unspecified atom stereocenters. The maximum Gasteiger partial charge on any atom is 0.337 e. The van der Waals surface area contributed by atoms with Gasteiger partial charge in [-0.3, -0.25) is 0 Å². The molecular formula is C23H18N2O2S. The highest BCUT2D eigenvalue weighted by Crippen LogP contribution is 2.29. The summed E-state index contributed by atoms with van der Waals surface area (Å²) in [6.45, 7) is 0. The van der Waals surface area contributed by atoms with Crippen molar-refractivity contribution in [2.75, 3.05) is 12.4 Å². The fourth-order valence-electron chi connectivity index (χ4n) is 2.89. The summed E-state index contributed by atoms with van der Waals surface area (Å²) in [6.07, 6.45) is 0. The summed E-state index contributed by atoms with van der Waals surface area (Å²) in [6, 6.07) is 25.8. The van der Waals surface area contributed by atoms with E-state index in [4.69, 9.17) is 4.74 Å². The van der Waals surface area contributed by atoms with Gasteiger partial charge in [0, 0.05) is 16.6 Å². The third kappa shape index (κ3) is 3.94. The lowest BCUT2D eigenvalue weighted by atomic mass is 10.0. The summed E-state index contributed by atoms with van der Waals surface area (Å²) in [7, 11) is 1.37. The molecule has 28 heavy (non-hydrogen) atoms. The summed E-state index contributed by atoms with van der Waals surface area (Å²) in [5, 5.41) is 6.04. The average Bonchev–Trinajstić information content (AvgIpc) is 3.22. The maximum absolute atomic E-state index is 11.7. The van der Waals surface area contributed by atoms with Crippen LogP contribution in [0, 0.1) is 0 Å². The zero-order chi connectivity index (χ0) is 19.3. The van der Waals surface area contributed by atoms with Gasteiger partial charge in [-0.1, -0.05) is 60.7 Å². The number of rotatable bonds is 5. The Morgan fingerprint density at radius 1 is 0.893 bits per heavy atom. The second kappa shape index (κ2) is 8.06. The predicted octanol–water partition coefficient (Wildman–Crippen LogP) is 6.01. The maximum atomic E-state index is 11.7. The lowest BCUT2D eigenvalue weighted by Gasteiger charge is -2.05. The van der Waals surface area contributed by atoms with Crippen LogP contribution >= 0.6 is 11.3 Å². The number of hydrogen-bond acceptors (Lipinski definition) is 5. The van der Waals surface area contributed by atoms with Crippen LogP contribution in [0.2, 0.25) is 0 Å². The van der Waals surface area contributed by atoms with E-state index in [9.17, 15) is 4.79 Å². The van der Waals surface area contributed by atoms with Gasteiger partial charge in [0.1, 0.15) is 0 Å². The minimum Gasteiger partial charge on any atom is -0.465 e. The number of thiazole rings is 1. The lowest BCUT2D eigenvalue weighted by Crippen LogP contribution is -2.01. The molecule has 0 saturated heterocycles. The molecule has 138 valence electrons. The molecule has 1 heterocycles. The minimum absolute atomic E-state index is 0.359. The second-order valence-corrected chi connectivity index (χ2v) is 7.04. The van der Waals surface area contributed by atoms with Gasteiger partial charge < -0.3 is 10.1 Å². The molecule has 0 aliphatic carbocycles. The van der Waals surface area contributed by atoms with E-state index in [1.165, 1.54) is 29.6 Å². The third-order valence-electron chi connectivity index (χ3n) is 4.33. The largest absolute Gasteiger partial charge is 0.465 e. The van der Waals surface area contributed by atoms with Crippen LogP contribution in [0.5, 0.6) is 0 Å². The van der Waals surface area contributed by atoms with Crippen LogP contribution in [0.4, 0.5) is 10.8 Å². The zero-order valence-electron chi connectivity index (χ0n) is 15.3. The van der Waals surface area contributed by atoms with Crippen molar-refractivity contribution in [2.24, 2.45) is 0 Å². The molecule has 3 aromatic carbocycles. The van der Waals surface area contributed by atoms with Gasteiger partial charge in [0.05, 0.1) is 18.4 Å². The molecule has 0 saturated carbocycles. The van der Waals surface area contributed by atoms with Crippen LogP contribution in [0.1, 0.15) is 10.4 Å². The van der Waals surface area contributed by atoms with Gasteiger partial charge in [-0.05, 0) is 29.3 Å². The van der Waals surface area contributed by atoms with Crippen molar-refractivity contribution >= 4 is 28.1 Å². The summed E-state index contributed by atoms with van der Waals surface area (Å²) in [4.78, 5) is 16.3. The number of nitrogens with one attached hydrogen (secondary N) is 1. The Balaban J connectivity index is 1.51. The number of aromatic nitrogens is 1. The van der Waals surface area contributed by atoms with Crippen LogP contribution < -0.4 is 5.32 Å². The van der Waals surface area contributed by atoms with E-state index < -0.39 is 0 Å². The number of nitrogens with zero attached hydrogens (tertiary/aromatic N) is 1. The van der Waals surface area contributed by atoms with E-state index >= 15 is 0 Å². The molecule has 0 bridgehead atoms. The first-order chi connectivity index (χ1) is 13.7. The Bertz CT molecular complexity index is 1090. The molecule has 1 N–H and O–H groups in total. The summed E-state index contributed by atoms with van der Waals surface area (Å²) in [5.41, 5.74) is 5.64. The molecule has 0 aliphatic heterocycles. The van der Waals surface area contributed by atoms with E-state index in [2.05, 4.69) is 46.7 Å². The zero-order valence-corrected chi connectivity index (χ0v) is 16.1. The Morgan fingerprint density at radius 2 is 1.61 bits per heavy atom. The Kier molecular flexibility index (Phi) is 5.17. The van der Waals surface area contributed by atoms with E-state index in [0.717, 1.165) is 22.1 Å². The molecule has 0 aliphatic rings. The first kappa shape index (κ1) is 17.9. The van der Waals surface area contributed by atoms with Crippen LogP contribution in [0.3, 0.4) is 0 Å². The minimum atomic E-state index is -0.359. The van der Waals surface area contributed by atoms with Crippen molar-refractivity contribution in [1.82, 2.24) is 4.98 Å². The Labute approximate surface area is 167 Å². The van der Waals surface area contributed by atoms with Crippen LogP contribution in [0.25, 0.3) is 22.4 Å². The average molecular weight is 386 g/mol. The topological polar surface area (TPSA) is 51.2 Å². The molecule has 0 fully saturated rings. The number of methoxy groups -OCH3 is 1. The smallest absolute Gasteiger partial charge is 0.337 e. The van der Waals surface area contributed by atoms with Crippen molar-refractivity contribution in [3.63, 3.8) is 0 Å². The van der Waals surface area contributed by atoms with Gasteiger partial charge in [0.15, 0.2) is 5.13 Å². The van der Waals surface area contributed by atoms with Crippen molar-refractivity contribution < 1.29 is 9.53 Å². The van der Waals surface area contributed by atoms with Gasteiger partial charge >= 0.3 is 5.97 Å². The lowest BCUT2D eigenvalue weighted by molar-refractivity contribution is 0.0601. The highest BCUT2D eigenvalue weighted by Gasteiger charge is 2.08. The van der Waals surface area contributed by atoms with E-state index in [1.807, 2.05) is 35.7 Å². The van der Waals surface area contributed by atoms with Crippen molar-refractivity contribution in [2.45, 2.75) is 0 Å². The number of carbonyl (C=O) groups is 1. The van der Waals surface area contributed by atoms with Crippen LogP contribution in [-0.2, 0) is 4.74 Å². The monoisotopic (exact) mass is 386 g/mol. The standard InChI is InChI=1S/C23H18N2O2S/c1-27-22(26)19-8-5-9-20(14-19)24-23-25-21(15-28-23)18-12-10-17(11-13-18)16-6-3-2-4-7-16/h2-15H,1H3,(H,24,25). The molecular weight excluding hydrogens is 368 g/mol. The molecule has 1 aromatic heterocycles. The van der Waals surface area contributed by atoms with Gasteiger partial charge in [0.25, 0.3) is 0 Å². The molecule has 0 radical (unpaired) electrons. The van der Waals surface area contributed by atoms with Crippen LogP contribution in [-0.4, -0.2) is 18.1 Å². The first-order valence-corrected chi connectivity index (χ1v) is 9.68. The third-order valence-corrected chi connectivity index (χ3v) is 5.08. The second-order valence-electron chi connectivity index (χ2n) is 6.18. The number of ether oxygens (including phenoxy) is 1. The number of carbonyl (C=O) groups excluding carboxylic acids is 1. The molecule has 4 nitrogen and oxygen atoms in total. The van der Waals surface area contributed by atoms with Crippen molar-refractivity contribution in [3.05, 3.63) is 89.8 Å². The van der Waals surface area contributed by atoms with Crippen molar-refractivity contribution in [1.29, 1.82) is 0 Å². The van der Waals surface area contributed by atoms with Crippen LogP contribution in [0.15, 0.2) is 84.2 Å². The van der Waals surface area contributed by atoms with E-state index in [0.29, 0.717) is 5.56 Å². The van der Waals surface area contributed by atoms with E-state index in [-0.39, 0.29) is 5.97 Å². The molecule has 4 aromatic rings. The molecule has 4 rings (SSSR count). The van der Waals surface area contributed by atoms with Gasteiger partial charge in [-0.2, -0.15) is 0 Å². The molecule has 0 spiro atoms. The summed E-state index contributed by atoms with van der Waals surface area (Å²) in [5.74, 6) is -0.359. The molecule has 0 atom stereocenters. The number of anilines is 2. The van der Waals surface area contributed by atoms with E-state index in [1.54, 1.807) is 12.1 Å². The fraction of sp³-hybridized carbons (Fsp3) is 0.0435. The highest BCUT2D eigenvalue weighted by atomic mass is 32.1. The first-order valence-electron chi connectivity index (χ1n) is 8.80. The number of hydrogen-bond donors (Lipinski definition) is 1.